The highest BCUT2D eigenvalue weighted by atomic mass is 16.2. The van der Waals surface area contributed by atoms with Crippen LogP contribution in [0.1, 0.15) is 35.4 Å². The van der Waals surface area contributed by atoms with Gasteiger partial charge < -0.3 is 10.2 Å². The third-order valence-corrected chi connectivity index (χ3v) is 6.82. The molecule has 1 heterocycles. The number of fused-ring (bicyclic) bond motifs is 1. The summed E-state index contributed by atoms with van der Waals surface area (Å²) < 4.78 is 0. The normalized spacial score (nSPS) is 15.4. The highest BCUT2D eigenvalue weighted by Crippen LogP contribution is 2.30. The molecule has 0 saturated carbocycles. The molecule has 0 radical (unpaired) electrons. The smallest absolute Gasteiger partial charge is 0.235 e. The second-order valence-electron chi connectivity index (χ2n) is 9.24. The molecule has 1 atom stereocenters. The summed E-state index contributed by atoms with van der Waals surface area (Å²) in [5.41, 5.74) is 2.77. The molecule has 1 aliphatic heterocycles. The fourth-order valence-electron chi connectivity index (χ4n) is 5.06. The van der Waals surface area contributed by atoms with Gasteiger partial charge in [0.05, 0.1) is 12.5 Å². The summed E-state index contributed by atoms with van der Waals surface area (Å²) >= 11 is 0. The lowest BCUT2D eigenvalue weighted by atomic mass is 9.89. The van der Waals surface area contributed by atoms with Crippen LogP contribution in [0.15, 0.2) is 103 Å². The largest absolute Gasteiger partial charge is 0.352 e. The Hall–Kier alpha value is -4.25. The number of benzene rings is 4. The van der Waals surface area contributed by atoms with Crippen LogP contribution in [-0.4, -0.2) is 35.1 Å². The molecule has 0 aliphatic carbocycles. The summed E-state index contributed by atoms with van der Waals surface area (Å²) in [4.78, 5) is 40.8. The Morgan fingerprint density at radius 1 is 0.806 bits per heavy atom. The summed E-state index contributed by atoms with van der Waals surface area (Å²) in [7, 11) is 0. The predicted octanol–water partition coefficient (Wildman–Crippen LogP) is 4.85. The first-order valence-electron chi connectivity index (χ1n) is 12.3. The van der Waals surface area contributed by atoms with Gasteiger partial charge in [-0.15, -0.1) is 0 Å². The van der Waals surface area contributed by atoms with Crippen molar-refractivity contribution in [2.75, 3.05) is 6.54 Å². The maximum Gasteiger partial charge on any atom is 0.235 e. The fraction of sp³-hybridized carbons (Fsp3) is 0.194. The van der Waals surface area contributed by atoms with Crippen LogP contribution in [0.3, 0.4) is 0 Å². The number of rotatable bonds is 7. The van der Waals surface area contributed by atoms with Gasteiger partial charge in [-0.3, -0.25) is 14.4 Å². The SMILES string of the molecule is O=C1C[C@@H](CC(=O)NCc2cccc3ccccc23)N(C(=O)C(c2ccccc2)c2ccccc2)C1. The molecule has 36 heavy (non-hydrogen) atoms. The molecule has 1 aliphatic rings. The quantitative estimate of drug-likeness (QED) is 0.415. The molecule has 0 unspecified atom stereocenters. The zero-order valence-corrected chi connectivity index (χ0v) is 20.0. The van der Waals surface area contributed by atoms with Crippen molar-refractivity contribution in [2.24, 2.45) is 0 Å². The van der Waals surface area contributed by atoms with Gasteiger partial charge in [-0.05, 0) is 27.5 Å². The first-order valence-corrected chi connectivity index (χ1v) is 12.3. The zero-order valence-electron chi connectivity index (χ0n) is 20.0. The molecule has 0 bridgehead atoms. The first kappa shape index (κ1) is 23.5. The minimum absolute atomic E-state index is 0.0184. The second-order valence-corrected chi connectivity index (χ2v) is 9.24. The number of hydrogen-bond donors (Lipinski definition) is 1. The molecule has 5 rings (SSSR count). The Labute approximate surface area is 210 Å². The lowest BCUT2D eigenvalue weighted by Crippen LogP contribution is -2.41. The van der Waals surface area contributed by atoms with Crippen LogP contribution < -0.4 is 5.32 Å². The second kappa shape index (κ2) is 10.6. The lowest BCUT2D eigenvalue weighted by molar-refractivity contribution is -0.134. The fourth-order valence-corrected chi connectivity index (χ4v) is 5.06. The summed E-state index contributed by atoms with van der Waals surface area (Å²) in [5, 5.41) is 5.22. The van der Waals surface area contributed by atoms with Crippen molar-refractivity contribution in [1.82, 2.24) is 10.2 Å². The van der Waals surface area contributed by atoms with Crippen molar-refractivity contribution in [1.29, 1.82) is 0 Å². The average Bonchev–Trinajstić information content (AvgIpc) is 3.28. The van der Waals surface area contributed by atoms with E-state index in [1.807, 2.05) is 103 Å². The number of ketones is 1. The van der Waals surface area contributed by atoms with E-state index in [9.17, 15) is 14.4 Å². The Bertz CT molecular complexity index is 1340. The molecule has 5 heteroatoms. The molecule has 180 valence electrons. The van der Waals surface area contributed by atoms with E-state index in [4.69, 9.17) is 0 Å². The van der Waals surface area contributed by atoms with Gasteiger partial charge >= 0.3 is 0 Å². The molecular formula is C31H28N2O3. The van der Waals surface area contributed by atoms with E-state index in [0.29, 0.717) is 6.54 Å². The van der Waals surface area contributed by atoms with Crippen molar-refractivity contribution in [3.63, 3.8) is 0 Å². The van der Waals surface area contributed by atoms with Crippen LogP contribution in [0.25, 0.3) is 10.8 Å². The number of likely N-dealkylation sites (tertiary alicyclic amines) is 1. The van der Waals surface area contributed by atoms with E-state index < -0.39 is 12.0 Å². The molecule has 2 amide bonds. The highest BCUT2D eigenvalue weighted by molar-refractivity contribution is 5.95. The van der Waals surface area contributed by atoms with Gasteiger partial charge in [-0.25, -0.2) is 0 Å². The molecule has 0 spiro atoms. The molecule has 1 N–H and O–H groups in total. The average molecular weight is 477 g/mol. The van der Waals surface area contributed by atoms with E-state index in [0.717, 1.165) is 27.5 Å². The summed E-state index contributed by atoms with van der Waals surface area (Å²) in [6.45, 7) is 0.432. The minimum Gasteiger partial charge on any atom is -0.352 e. The van der Waals surface area contributed by atoms with Gasteiger partial charge in [0, 0.05) is 25.4 Å². The van der Waals surface area contributed by atoms with Crippen LogP contribution in [0.4, 0.5) is 0 Å². The van der Waals surface area contributed by atoms with Gasteiger partial charge in [-0.1, -0.05) is 103 Å². The molecule has 1 fully saturated rings. The Morgan fingerprint density at radius 3 is 2.11 bits per heavy atom. The molecular weight excluding hydrogens is 448 g/mol. The van der Waals surface area contributed by atoms with E-state index >= 15 is 0 Å². The summed E-state index contributed by atoms with van der Waals surface area (Å²) in [5.74, 6) is -0.865. The molecule has 4 aromatic rings. The maximum absolute atomic E-state index is 13.9. The Morgan fingerprint density at radius 2 is 1.42 bits per heavy atom. The van der Waals surface area contributed by atoms with Crippen molar-refractivity contribution >= 4 is 28.4 Å². The summed E-state index contributed by atoms with van der Waals surface area (Å²) in [6, 6.07) is 32.8. The third kappa shape index (κ3) is 5.05. The number of Topliss-reactive ketones (excluding diaryl/α,β-unsaturated/α-hetero) is 1. The standard InChI is InChI=1S/C31H28N2O3/c34-27-18-26(19-29(35)32-20-25-16-9-15-22-10-7-8-17-28(22)25)33(21-27)31(36)30(23-11-3-1-4-12-23)24-13-5-2-6-14-24/h1-17,26,30H,18-21H2,(H,32,35)/t26-/m0/s1. The van der Waals surface area contributed by atoms with Crippen LogP contribution >= 0.6 is 0 Å². The predicted molar refractivity (Wildman–Crippen MR) is 140 cm³/mol. The van der Waals surface area contributed by atoms with Crippen LogP contribution in [0.2, 0.25) is 0 Å². The number of hydrogen-bond acceptors (Lipinski definition) is 3. The van der Waals surface area contributed by atoms with Crippen LogP contribution in [0, 0.1) is 0 Å². The van der Waals surface area contributed by atoms with Crippen LogP contribution in [-0.2, 0) is 20.9 Å². The van der Waals surface area contributed by atoms with E-state index in [1.165, 1.54) is 0 Å². The van der Waals surface area contributed by atoms with Crippen LogP contribution in [0.5, 0.6) is 0 Å². The van der Waals surface area contributed by atoms with Gasteiger partial charge in [-0.2, -0.15) is 0 Å². The number of carbonyl (C=O) groups is 3. The van der Waals surface area contributed by atoms with Gasteiger partial charge in [0.1, 0.15) is 0 Å². The van der Waals surface area contributed by atoms with Crippen molar-refractivity contribution < 1.29 is 14.4 Å². The zero-order chi connectivity index (χ0) is 24.9. The topological polar surface area (TPSA) is 66.5 Å². The number of nitrogens with zero attached hydrogens (tertiary/aromatic N) is 1. The molecule has 1 saturated heterocycles. The Kier molecular flexibility index (Phi) is 6.89. The highest BCUT2D eigenvalue weighted by Gasteiger charge is 2.39. The number of nitrogens with one attached hydrogen (secondary N) is 1. The van der Waals surface area contributed by atoms with E-state index in [2.05, 4.69) is 5.32 Å². The lowest BCUT2D eigenvalue weighted by Gasteiger charge is -2.28. The third-order valence-electron chi connectivity index (χ3n) is 6.82. The van der Waals surface area contributed by atoms with Crippen molar-refractivity contribution in [2.45, 2.75) is 31.3 Å². The van der Waals surface area contributed by atoms with E-state index in [1.54, 1.807) is 4.90 Å². The summed E-state index contributed by atoms with van der Waals surface area (Å²) in [6.07, 6.45) is 0.294. The molecule has 4 aromatic carbocycles. The van der Waals surface area contributed by atoms with Gasteiger partial charge in [0.25, 0.3) is 0 Å². The number of amides is 2. The van der Waals surface area contributed by atoms with Gasteiger partial charge in [0.15, 0.2) is 5.78 Å². The molecule has 5 nitrogen and oxygen atoms in total. The Balaban J connectivity index is 1.32. The minimum atomic E-state index is -0.528. The van der Waals surface area contributed by atoms with Gasteiger partial charge in [0.2, 0.25) is 11.8 Å². The van der Waals surface area contributed by atoms with E-state index in [-0.39, 0.29) is 37.0 Å². The van der Waals surface area contributed by atoms with Crippen molar-refractivity contribution in [3.05, 3.63) is 120 Å². The van der Waals surface area contributed by atoms with Crippen molar-refractivity contribution in [3.8, 4) is 0 Å². The monoisotopic (exact) mass is 476 g/mol. The molecule has 0 aromatic heterocycles. The number of carbonyl (C=O) groups excluding carboxylic acids is 3. The first-order chi connectivity index (χ1) is 17.6. The maximum atomic E-state index is 13.9.